The second-order valence-electron chi connectivity index (χ2n) is 6.04. The van der Waals surface area contributed by atoms with E-state index >= 15 is 0 Å². The summed E-state index contributed by atoms with van der Waals surface area (Å²) in [6, 6.07) is 8.39. The Morgan fingerprint density at radius 1 is 1.43 bits per heavy atom. The molecule has 0 aliphatic carbocycles. The van der Waals surface area contributed by atoms with E-state index in [4.69, 9.17) is 0 Å². The highest BCUT2D eigenvalue weighted by molar-refractivity contribution is 5.74. The van der Waals surface area contributed by atoms with Gasteiger partial charge in [0.05, 0.1) is 6.10 Å². The van der Waals surface area contributed by atoms with Crippen LogP contribution in [0.1, 0.15) is 30.9 Å². The van der Waals surface area contributed by atoms with Gasteiger partial charge in [-0.15, -0.1) is 0 Å². The first-order valence-corrected chi connectivity index (χ1v) is 7.82. The molecule has 2 rings (SSSR count). The minimum Gasteiger partial charge on any atom is -0.393 e. The fourth-order valence-corrected chi connectivity index (χ4v) is 2.88. The van der Waals surface area contributed by atoms with Crippen molar-refractivity contribution in [3.05, 3.63) is 35.4 Å². The summed E-state index contributed by atoms with van der Waals surface area (Å²) in [4.78, 5) is 13.9. The zero-order chi connectivity index (χ0) is 15.2. The van der Waals surface area contributed by atoms with E-state index in [1.165, 1.54) is 11.1 Å². The number of hydrogen-bond acceptors (Lipinski definition) is 2. The van der Waals surface area contributed by atoms with Gasteiger partial charge in [0.15, 0.2) is 0 Å². The summed E-state index contributed by atoms with van der Waals surface area (Å²) in [6.07, 6.45) is 2.38. The Balaban J connectivity index is 1.71. The predicted octanol–water partition coefficient (Wildman–Crippen LogP) is 2.34. The molecule has 21 heavy (non-hydrogen) atoms. The standard InChI is InChI=1S/C17H26N2O2/c1-13-4-3-5-15(12-13)6-9-18-17(21)19-10-7-16(8-11-19)14(2)20/h3-5,12,14,16,20H,6-11H2,1-2H3,(H,18,21). The lowest BCUT2D eigenvalue weighted by Crippen LogP contribution is -2.46. The molecular weight excluding hydrogens is 264 g/mol. The molecule has 116 valence electrons. The first kappa shape index (κ1) is 15.8. The summed E-state index contributed by atoms with van der Waals surface area (Å²) in [5.41, 5.74) is 2.50. The molecule has 4 heteroatoms. The van der Waals surface area contributed by atoms with Gasteiger partial charge in [0, 0.05) is 19.6 Å². The minimum atomic E-state index is -0.267. The lowest BCUT2D eigenvalue weighted by Gasteiger charge is -2.33. The van der Waals surface area contributed by atoms with E-state index < -0.39 is 0 Å². The molecule has 2 amide bonds. The van der Waals surface area contributed by atoms with Gasteiger partial charge in [-0.25, -0.2) is 4.79 Å². The van der Waals surface area contributed by atoms with E-state index in [1.54, 1.807) is 0 Å². The molecule has 1 saturated heterocycles. The Hall–Kier alpha value is -1.55. The number of aliphatic hydroxyl groups is 1. The van der Waals surface area contributed by atoms with Gasteiger partial charge in [-0.2, -0.15) is 0 Å². The fourth-order valence-electron chi connectivity index (χ4n) is 2.88. The highest BCUT2D eigenvalue weighted by atomic mass is 16.3. The maximum absolute atomic E-state index is 12.1. The van der Waals surface area contributed by atoms with E-state index in [0.29, 0.717) is 12.5 Å². The van der Waals surface area contributed by atoms with E-state index in [9.17, 15) is 9.90 Å². The summed E-state index contributed by atoms with van der Waals surface area (Å²) in [7, 11) is 0. The molecule has 0 bridgehead atoms. The van der Waals surface area contributed by atoms with E-state index in [0.717, 1.165) is 32.4 Å². The number of rotatable bonds is 4. The molecule has 0 spiro atoms. The van der Waals surface area contributed by atoms with Crippen LogP contribution in [0.15, 0.2) is 24.3 Å². The summed E-state index contributed by atoms with van der Waals surface area (Å²) >= 11 is 0. The van der Waals surface area contributed by atoms with Crippen LogP contribution in [-0.2, 0) is 6.42 Å². The number of benzene rings is 1. The van der Waals surface area contributed by atoms with Gasteiger partial charge < -0.3 is 15.3 Å². The Labute approximate surface area is 127 Å². The van der Waals surface area contributed by atoms with Gasteiger partial charge >= 0.3 is 6.03 Å². The van der Waals surface area contributed by atoms with Crippen LogP contribution in [0.4, 0.5) is 4.79 Å². The highest BCUT2D eigenvalue weighted by Crippen LogP contribution is 2.20. The quantitative estimate of drug-likeness (QED) is 0.894. The molecule has 1 aliphatic heterocycles. The van der Waals surface area contributed by atoms with Crippen molar-refractivity contribution in [2.45, 2.75) is 39.2 Å². The van der Waals surface area contributed by atoms with Crippen LogP contribution >= 0.6 is 0 Å². The third-order valence-electron chi connectivity index (χ3n) is 4.28. The van der Waals surface area contributed by atoms with Crippen LogP contribution in [0.25, 0.3) is 0 Å². The van der Waals surface area contributed by atoms with Gasteiger partial charge in [-0.05, 0) is 44.6 Å². The lowest BCUT2D eigenvalue weighted by atomic mass is 9.92. The van der Waals surface area contributed by atoms with Crippen LogP contribution in [0.5, 0.6) is 0 Å². The Kier molecular flexibility index (Phi) is 5.62. The minimum absolute atomic E-state index is 0.0201. The normalized spacial score (nSPS) is 17.6. The zero-order valence-corrected chi connectivity index (χ0v) is 13.0. The van der Waals surface area contributed by atoms with Crippen molar-refractivity contribution >= 4 is 6.03 Å². The molecule has 4 nitrogen and oxygen atoms in total. The number of carbonyl (C=O) groups is 1. The molecule has 1 unspecified atom stereocenters. The highest BCUT2D eigenvalue weighted by Gasteiger charge is 2.25. The van der Waals surface area contributed by atoms with Crippen molar-refractivity contribution in [3.63, 3.8) is 0 Å². The number of likely N-dealkylation sites (tertiary alicyclic amines) is 1. The SMILES string of the molecule is Cc1cccc(CCNC(=O)N2CCC(C(C)O)CC2)c1. The molecule has 1 atom stereocenters. The van der Waals surface area contributed by atoms with Crippen molar-refractivity contribution < 1.29 is 9.90 Å². The molecule has 1 aromatic rings. The topological polar surface area (TPSA) is 52.6 Å². The Bertz CT molecular complexity index is 466. The van der Waals surface area contributed by atoms with Gasteiger partial charge in [-0.1, -0.05) is 29.8 Å². The van der Waals surface area contributed by atoms with E-state index in [-0.39, 0.29) is 12.1 Å². The summed E-state index contributed by atoms with van der Waals surface area (Å²) in [5.74, 6) is 0.335. The van der Waals surface area contributed by atoms with Crippen molar-refractivity contribution in [3.8, 4) is 0 Å². The smallest absolute Gasteiger partial charge is 0.317 e. The van der Waals surface area contributed by atoms with Crippen molar-refractivity contribution in [2.75, 3.05) is 19.6 Å². The number of hydrogen-bond donors (Lipinski definition) is 2. The van der Waals surface area contributed by atoms with Gasteiger partial charge in [0.1, 0.15) is 0 Å². The number of aliphatic hydroxyl groups excluding tert-OH is 1. The predicted molar refractivity (Wildman–Crippen MR) is 84.3 cm³/mol. The Morgan fingerprint density at radius 3 is 2.76 bits per heavy atom. The summed E-state index contributed by atoms with van der Waals surface area (Å²) in [6.45, 7) is 6.06. The Morgan fingerprint density at radius 2 is 2.14 bits per heavy atom. The molecule has 1 aliphatic rings. The number of nitrogens with one attached hydrogen (secondary N) is 1. The van der Waals surface area contributed by atoms with Gasteiger partial charge in [0.25, 0.3) is 0 Å². The van der Waals surface area contributed by atoms with Crippen LogP contribution in [0.3, 0.4) is 0 Å². The third-order valence-corrected chi connectivity index (χ3v) is 4.28. The molecule has 0 radical (unpaired) electrons. The monoisotopic (exact) mass is 290 g/mol. The first-order valence-electron chi connectivity index (χ1n) is 7.82. The maximum Gasteiger partial charge on any atom is 0.317 e. The third kappa shape index (κ3) is 4.74. The molecule has 1 aromatic carbocycles. The van der Waals surface area contributed by atoms with E-state index in [1.807, 2.05) is 17.9 Å². The largest absolute Gasteiger partial charge is 0.393 e. The molecule has 0 saturated carbocycles. The van der Waals surface area contributed by atoms with Crippen LogP contribution in [-0.4, -0.2) is 41.8 Å². The average molecular weight is 290 g/mol. The number of aryl methyl sites for hydroxylation is 1. The van der Waals surface area contributed by atoms with Crippen molar-refractivity contribution in [1.82, 2.24) is 10.2 Å². The number of carbonyl (C=O) groups excluding carboxylic acids is 1. The van der Waals surface area contributed by atoms with Crippen molar-refractivity contribution in [2.24, 2.45) is 5.92 Å². The van der Waals surface area contributed by atoms with Crippen LogP contribution in [0, 0.1) is 12.8 Å². The summed E-state index contributed by atoms with van der Waals surface area (Å²) in [5, 5.41) is 12.6. The van der Waals surface area contributed by atoms with Crippen molar-refractivity contribution in [1.29, 1.82) is 0 Å². The molecule has 2 N–H and O–H groups in total. The summed E-state index contributed by atoms with van der Waals surface area (Å²) < 4.78 is 0. The number of amides is 2. The second-order valence-corrected chi connectivity index (χ2v) is 6.04. The fraction of sp³-hybridized carbons (Fsp3) is 0.588. The molecule has 1 heterocycles. The van der Waals surface area contributed by atoms with Gasteiger partial charge in [-0.3, -0.25) is 0 Å². The molecule has 1 fully saturated rings. The molecular formula is C17H26N2O2. The molecule has 0 aromatic heterocycles. The first-order chi connectivity index (χ1) is 10.1. The lowest BCUT2D eigenvalue weighted by molar-refractivity contribution is 0.0799. The number of piperidine rings is 1. The van der Waals surface area contributed by atoms with Crippen LogP contribution in [0.2, 0.25) is 0 Å². The van der Waals surface area contributed by atoms with Gasteiger partial charge in [0.2, 0.25) is 0 Å². The van der Waals surface area contributed by atoms with E-state index in [2.05, 4.69) is 30.4 Å². The van der Waals surface area contributed by atoms with Crippen LogP contribution < -0.4 is 5.32 Å². The average Bonchev–Trinajstić information content (AvgIpc) is 2.47. The number of urea groups is 1. The maximum atomic E-state index is 12.1. The zero-order valence-electron chi connectivity index (χ0n) is 13.0. The number of nitrogens with zero attached hydrogens (tertiary/aromatic N) is 1. The second kappa shape index (κ2) is 7.46.